The fourth-order valence-corrected chi connectivity index (χ4v) is 4.56. The van der Waals surface area contributed by atoms with Crippen LogP contribution >= 0.6 is 0 Å². The lowest BCUT2D eigenvalue weighted by atomic mass is 10.1. The number of H-pyrrole nitrogens is 2. The number of para-hydroxylation sites is 2. The largest absolute Gasteiger partial charge is 0.494 e. The Morgan fingerprint density at radius 1 is 1.12 bits per heavy atom. The first-order valence-electron chi connectivity index (χ1n) is 12.6. The zero-order chi connectivity index (χ0) is 28.3. The summed E-state index contributed by atoms with van der Waals surface area (Å²) in [4.78, 5) is 42.1. The molecule has 1 fully saturated rings. The van der Waals surface area contributed by atoms with Crippen molar-refractivity contribution in [1.82, 2.24) is 30.2 Å². The summed E-state index contributed by atoms with van der Waals surface area (Å²) in [5.74, 6) is -2.21. The Balaban J connectivity index is 1.49. The summed E-state index contributed by atoms with van der Waals surface area (Å²) in [5.41, 5.74) is 3.82. The van der Waals surface area contributed by atoms with Crippen molar-refractivity contribution >= 4 is 34.5 Å². The molecule has 5 N–H and O–H groups in total. The third-order valence-corrected chi connectivity index (χ3v) is 6.49. The van der Waals surface area contributed by atoms with E-state index in [1.54, 1.807) is 24.3 Å². The summed E-state index contributed by atoms with van der Waals surface area (Å²) in [6, 6.07) is 10.1. The van der Waals surface area contributed by atoms with Crippen molar-refractivity contribution in [2.24, 2.45) is 5.73 Å². The van der Waals surface area contributed by atoms with Crippen LogP contribution in [-0.2, 0) is 6.18 Å². The van der Waals surface area contributed by atoms with Gasteiger partial charge in [0, 0.05) is 32.7 Å². The van der Waals surface area contributed by atoms with Gasteiger partial charge in [-0.25, -0.2) is 14.9 Å². The Morgan fingerprint density at radius 2 is 1.90 bits per heavy atom. The molecule has 2 aromatic heterocycles. The van der Waals surface area contributed by atoms with E-state index < -0.39 is 34.9 Å². The van der Waals surface area contributed by atoms with E-state index in [9.17, 15) is 22.8 Å². The standard InChI is InChI=1S/C26H27F3N8O3/c27-26(28,29)17-14-16(40-13-3-10-36-11-8-31-9-12-36)6-7-20(17)37(24(39)22-21(23(30)38)32-15-33-22)25-34-18-4-1-2-5-19(18)35-25/h1-2,4-7,14-15,31H,3,8-13H2,(H2,30,38)(H,32,33)(H,34,35). The zero-order valence-electron chi connectivity index (χ0n) is 21.3. The van der Waals surface area contributed by atoms with Gasteiger partial charge in [0.05, 0.1) is 35.2 Å². The van der Waals surface area contributed by atoms with Gasteiger partial charge < -0.3 is 30.7 Å². The number of nitrogens with zero attached hydrogens (tertiary/aromatic N) is 4. The molecule has 0 radical (unpaired) electrons. The summed E-state index contributed by atoms with van der Waals surface area (Å²) in [7, 11) is 0. The van der Waals surface area contributed by atoms with Gasteiger partial charge in [-0.2, -0.15) is 13.2 Å². The second-order valence-electron chi connectivity index (χ2n) is 9.18. The van der Waals surface area contributed by atoms with E-state index in [1.165, 1.54) is 6.07 Å². The van der Waals surface area contributed by atoms with Crippen LogP contribution in [-0.4, -0.2) is 76.0 Å². The van der Waals surface area contributed by atoms with Gasteiger partial charge in [-0.05, 0) is 36.8 Å². The van der Waals surface area contributed by atoms with Crippen molar-refractivity contribution in [2.75, 3.05) is 44.2 Å². The quantitative estimate of drug-likeness (QED) is 0.232. The molecule has 11 nitrogen and oxygen atoms in total. The first-order chi connectivity index (χ1) is 19.2. The molecule has 0 unspecified atom stereocenters. The molecule has 2 aromatic carbocycles. The third-order valence-electron chi connectivity index (χ3n) is 6.49. The molecule has 3 heterocycles. The van der Waals surface area contributed by atoms with Gasteiger partial charge in [-0.15, -0.1) is 0 Å². The molecule has 2 amide bonds. The number of alkyl halides is 3. The number of piperazine rings is 1. The topological polar surface area (TPSA) is 145 Å². The van der Waals surface area contributed by atoms with E-state index in [0.717, 1.165) is 56.1 Å². The van der Waals surface area contributed by atoms with E-state index in [-0.39, 0.29) is 24.0 Å². The Labute approximate surface area is 226 Å². The number of benzene rings is 2. The molecule has 1 aliphatic rings. The molecule has 1 aliphatic heterocycles. The number of fused-ring (bicyclic) bond motifs is 1. The predicted molar refractivity (Wildman–Crippen MR) is 141 cm³/mol. The fourth-order valence-electron chi connectivity index (χ4n) is 4.56. The lowest BCUT2D eigenvalue weighted by Gasteiger charge is -2.27. The fraction of sp³-hybridized carbons (Fsp3) is 0.308. The number of hydrogen-bond donors (Lipinski definition) is 4. The minimum Gasteiger partial charge on any atom is -0.494 e. The van der Waals surface area contributed by atoms with E-state index in [2.05, 4.69) is 30.2 Å². The number of amides is 2. The SMILES string of the molecule is NC(=O)c1nc[nH]c1C(=O)N(c1nc2ccccc2[nH]1)c1ccc(OCCCN2CCNCC2)cc1C(F)(F)F. The molecule has 0 spiro atoms. The number of nitrogens with one attached hydrogen (secondary N) is 3. The van der Waals surface area contributed by atoms with Crippen LogP contribution in [0.3, 0.4) is 0 Å². The molecular weight excluding hydrogens is 529 g/mol. The molecular formula is C26H27F3N8O3. The van der Waals surface area contributed by atoms with Gasteiger partial charge in [0.2, 0.25) is 5.95 Å². The maximum atomic E-state index is 14.4. The van der Waals surface area contributed by atoms with Gasteiger partial charge in [-0.1, -0.05) is 12.1 Å². The molecule has 4 aromatic rings. The third kappa shape index (κ3) is 5.77. The first kappa shape index (κ1) is 27.1. The molecule has 40 heavy (non-hydrogen) atoms. The van der Waals surface area contributed by atoms with E-state index in [1.807, 2.05) is 0 Å². The summed E-state index contributed by atoms with van der Waals surface area (Å²) < 4.78 is 48.9. The van der Waals surface area contributed by atoms with Gasteiger partial charge >= 0.3 is 6.18 Å². The molecule has 0 atom stereocenters. The number of nitrogens with two attached hydrogens (primary N) is 1. The number of anilines is 2. The second-order valence-corrected chi connectivity index (χ2v) is 9.18. The van der Waals surface area contributed by atoms with Crippen LogP contribution in [0.1, 0.15) is 33.0 Å². The van der Waals surface area contributed by atoms with Crippen LogP contribution < -0.4 is 20.7 Å². The van der Waals surface area contributed by atoms with Crippen LogP contribution in [0.2, 0.25) is 0 Å². The molecule has 5 rings (SSSR count). The van der Waals surface area contributed by atoms with Crippen molar-refractivity contribution in [3.05, 3.63) is 65.7 Å². The van der Waals surface area contributed by atoms with Crippen molar-refractivity contribution < 1.29 is 27.5 Å². The highest BCUT2D eigenvalue weighted by Gasteiger charge is 2.39. The van der Waals surface area contributed by atoms with Crippen molar-refractivity contribution in [1.29, 1.82) is 0 Å². The number of halogens is 3. The van der Waals surface area contributed by atoms with Crippen LogP contribution in [0.5, 0.6) is 5.75 Å². The number of hydrogen-bond acceptors (Lipinski definition) is 7. The summed E-state index contributed by atoms with van der Waals surface area (Å²) >= 11 is 0. The molecule has 210 valence electrons. The second kappa shape index (κ2) is 11.4. The Hall–Kier alpha value is -4.43. The summed E-state index contributed by atoms with van der Waals surface area (Å²) in [6.07, 6.45) is -3.16. The number of imidazole rings is 2. The number of primary amides is 1. The first-order valence-corrected chi connectivity index (χ1v) is 12.6. The van der Waals surface area contributed by atoms with Crippen molar-refractivity contribution in [3.63, 3.8) is 0 Å². The highest BCUT2D eigenvalue weighted by molar-refractivity contribution is 6.14. The number of aromatic amines is 2. The van der Waals surface area contributed by atoms with Gasteiger partial charge in [-0.3, -0.25) is 9.59 Å². The molecule has 1 saturated heterocycles. The molecule has 0 saturated carbocycles. The average Bonchev–Trinajstić information content (AvgIpc) is 3.59. The molecule has 14 heteroatoms. The highest BCUT2D eigenvalue weighted by atomic mass is 19.4. The number of aromatic nitrogens is 4. The van der Waals surface area contributed by atoms with Crippen molar-refractivity contribution in [2.45, 2.75) is 12.6 Å². The smallest absolute Gasteiger partial charge is 0.418 e. The van der Waals surface area contributed by atoms with Crippen LogP contribution in [0.25, 0.3) is 11.0 Å². The predicted octanol–water partition coefficient (Wildman–Crippen LogP) is 3.06. The lowest BCUT2D eigenvalue weighted by molar-refractivity contribution is -0.137. The van der Waals surface area contributed by atoms with Crippen LogP contribution in [0, 0.1) is 0 Å². The number of ether oxygens (including phenoxy) is 1. The zero-order valence-corrected chi connectivity index (χ0v) is 21.3. The lowest BCUT2D eigenvalue weighted by Crippen LogP contribution is -2.43. The van der Waals surface area contributed by atoms with E-state index in [4.69, 9.17) is 10.5 Å². The minimum absolute atomic E-state index is 0.00718. The van der Waals surface area contributed by atoms with E-state index >= 15 is 0 Å². The van der Waals surface area contributed by atoms with Gasteiger partial charge in [0.15, 0.2) is 5.69 Å². The minimum atomic E-state index is -4.86. The molecule has 0 aliphatic carbocycles. The Morgan fingerprint density at radius 3 is 2.62 bits per heavy atom. The maximum Gasteiger partial charge on any atom is 0.418 e. The number of carbonyl (C=O) groups excluding carboxylic acids is 2. The highest BCUT2D eigenvalue weighted by Crippen LogP contribution is 2.41. The molecule has 0 bridgehead atoms. The normalized spacial score (nSPS) is 14.4. The van der Waals surface area contributed by atoms with Crippen LogP contribution in [0.15, 0.2) is 48.8 Å². The van der Waals surface area contributed by atoms with E-state index in [0.29, 0.717) is 17.5 Å². The Kier molecular flexibility index (Phi) is 7.71. The van der Waals surface area contributed by atoms with Crippen LogP contribution in [0.4, 0.5) is 24.8 Å². The monoisotopic (exact) mass is 556 g/mol. The summed E-state index contributed by atoms with van der Waals surface area (Å²) in [5, 5.41) is 3.27. The Bertz CT molecular complexity index is 1480. The van der Waals surface area contributed by atoms with Gasteiger partial charge in [0.25, 0.3) is 11.8 Å². The number of rotatable bonds is 9. The average molecular weight is 557 g/mol. The number of carbonyl (C=O) groups is 2. The van der Waals surface area contributed by atoms with Crippen molar-refractivity contribution in [3.8, 4) is 5.75 Å². The summed E-state index contributed by atoms with van der Waals surface area (Å²) in [6.45, 7) is 4.61. The maximum absolute atomic E-state index is 14.4. The van der Waals surface area contributed by atoms with Gasteiger partial charge in [0.1, 0.15) is 11.4 Å².